The summed E-state index contributed by atoms with van der Waals surface area (Å²) in [5, 5.41) is 7.23. The van der Waals surface area contributed by atoms with Gasteiger partial charge in [0.2, 0.25) is 11.8 Å². The Morgan fingerprint density at radius 2 is 1.55 bits per heavy atom. The molecule has 0 unspecified atom stereocenters. The van der Waals surface area contributed by atoms with Crippen LogP contribution in [0.5, 0.6) is 0 Å². The van der Waals surface area contributed by atoms with Gasteiger partial charge in [-0.25, -0.2) is 0 Å². The van der Waals surface area contributed by atoms with Crippen LogP contribution in [-0.4, -0.2) is 18.4 Å². The van der Waals surface area contributed by atoms with Gasteiger partial charge in [-0.2, -0.15) is 0 Å². The number of nitrogens with one attached hydrogen (secondary N) is 2. The van der Waals surface area contributed by atoms with Crippen molar-refractivity contribution in [3.05, 3.63) is 99.5 Å². The third-order valence-corrected chi connectivity index (χ3v) is 6.97. The van der Waals surface area contributed by atoms with Crippen LogP contribution < -0.4 is 10.6 Å². The first-order chi connectivity index (χ1) is 15.0. The third kappa shape index (κ3) is 3.22. The quantitative estimate of drug-likeness (QED) is 0.558. The molecule has 2 aliphatic rings. The monoisotopic (exact) mass is 450 g/mol. The van der Waals surface area contributed by atoms with Crippen LogP contribution in [0.2, 0.25) is 10.0 Å². The maximum absolute atomic E-state index is 13.9. The van der Waals surface area contributed by atoms with Crippen LogP contribution >= 0.6 is 23.2 Å². The smallest absolute Gasteiger partial charge is 0.236 e. The van der Waals surface area contributed by atoms with Crippen molar-refractivity contribution in [3.8, 4) is 0 Å². The standard InChI is InChI=1S/C25H20Cl2N2O2/c26-17-8-4-7-16(11-17)20-13-23(30)28-14-21(15-5-2-1-3-6-15)25(20)19-10-9-18(27)12-22(19)29-24(25)31/h1-12,20-21H,13-14H2,(H,28,30)(H,29,31)/t20-,21+,25-/m1/s1. The zero-order chi connectivity index (χ0) is 21.6. The normalized spacial score (nSPS) is 25.0. The Hall–Kier alpha value is -2.82. The number of rotatable bonds is 2. The fourth-order valence-corrected chi connectivity index (χ4v) is 5.60. The van der Waals surface area contributed by atoms with Crippen molar-refractivity contribution >= 4 is 40.7 Å². The molecule has 3 aromatic carbocycles. The molecular weight excluding hydrogens is 431 g/mol. The number of hydrogen-bond acceptors (Lipinski definition) is 2. The molecule has 5 rings (SSSR count). The molecule has 1 spiro atoms. The highest BCUT2D eigenvalue weighted by molar-refractivity contribution is 6.31. The maximum Gasteiger partial charge on any atom is 0.236 e. The van der Waals surface area contributed by atoms with Crippen LogP contribution in [0.4, 0.5) is 5.69 Å². The van der Waals surface area contributed by atoms with E-state index in [0.717, 1.165) is 16.7 Å². The van der Waals surface area contributed by atoms with E-state index in [4.69, 9.17) is 23.2 Å². The van der Waals surface area contributed by atoms with Crippen molar-refractivity contribution in [1.29, 1.82) is 0 Å². The second-order valence-electron chi connectivity index (χ2n) is 8.09. The van der Waals surface area contributed by atoms with Crippen LogP contribution in [0.1, 0.15) is 34.9 Å². The number of carbonyl (C=O) groups excluding carboxylic acids is 2. The lowest BCUT2D eigenvalue weighted by molar-refractivity contribution is -0.123. The minimum Gasteiger partial charge on any atom is -0.355 e. The largest absolute Gasteiger partial charge is 0.355 e. The average Bonchev–Trinajstić information content (AvgIpc) is 2.93. The van der Waals surface area contributed by atoms with E-state index in [1.165, 1.54) is 0 Å². The van der Waals surface area contributed by atoms with Crippen LogP contribution in [-0.2, 0) is 15.0 Å². The lowest BCUT2D eigenvalue weighted by Gasteiger charge is -2.40. The summed E-state index contributed by atoms with van der Waals surface area (Å²) in [7, 11) is 0. The molecule has 2 aliphatic heterocycles. The highest BCUT2D eigenvalue weighted by Gasteiger charge is 2.59. The van der Waals surface area contributed by atoms with Gasteiger partial charge in [-0.15, -0.1) is 0 Å². The third-order valence-electron chi connectivity index (χ3n) is 6.50. The number of halogens is 2. The Morgan fingerprint density at radius 3 is 2.32 bits per heavy atom. The van der Waals surface area contributed by atoms with E-state index in [1.807, 2.05) is 54.6 Å². The summed E-state index contributed by atoms with van der Waals surface area (Å²) in [6, 6.07) is 22.9. The lowest BCUT2D eigenvalue weighted by atomic mass is 9.59. The van der Waals surface area contributed by atoms with Gasteiger partial charge in [-0.3, -0.25) is 9.59 Å². The first-order valence-corrected chi connectivity index (χ1v) is 10.9. The Labute approximate surface area is 190 Å². The zero-order valence-electron chi connectivity index (χ0n) is 16.6. The molecule has 3 aromatic rings. The van der Waals surface area contributed by atoms with E-state index in [-0.39, 0.29) is 24.2 Å². The molecule has 0 bridgehead atoms. The minimum absolute atomic E-state index is 0.0852. The van der Waals surface area contributed by atoms with Crippen molar-refractivity contribution in [2.45, 2.75) is 23.7 Å². The van der Waals surface area contributed by atoms with Gasteiger partial charge in [0.15, 0.2) is 0 Å². The van der Waals surface area contributed by atoms with E-state index in [9.17, 15) is 9.59 Å². The minimum atomic E-state index is -0.995. The molecule has 0 saturated carbocycles. The summed E-state index contributed by atoms with van der Waals surface area (Å²) in [4.78, 5) is 26.7. The average molecular weight is 451 g/mol. The molecule has 0 aromatic heterocycles. The second kappa shape index (κ2) is 7.70. The summed E-state index contributed by atoms with van der Waals surface area (Å²) < 4.78 is 0. The highest BCUT2D eigenvalue weighted by atomic mass is 35.5. The van der Waals surface area contributed by atoms with Crippen LogP contribution in [0, 0.1) is 0 Å². The van der Waals surface area contributed by atoms with Gasteiger partial charge in [0, 0.05) is 40.5 Å². The number of fused-ring (bicyclic) bond motifs is 2. The lowest BCUT2D eigenvalue weighted by Crippen LogP contribution is -2.46. The van der Waals surface area contributed by atoms with Crippen molar-refractivity contribution in [2.75, 3.05) is 11.9 Å². The van der Waals surface area contributed by atoms with Gasteiger partial charge in [-0.1, -0.05) is 71.7 Å². The molecule has 156 valence electrons. The van der Waals surface area contributed by atoms with Gasteiger partial charge in [0.25, 0.3) is 0 Å². The number of benzene rings is 3. The molecule has 31 heavy (non-hydrogen) atoms. The van der Waals surface area contributed by atoms with Gasteiger partial charge >= 0.3 is 0 Å². The molecule has 6 heteroatoms. The Balaban J connectivity index is 1.83. The van der Waals surface area contributed by atoms with Crippen molar-refractivity contribution < 1.29 is 9.59 Å². The van der Waals surface area contributed by atoms with E-state index in [2.05, 4.69) is 10.6 Å². The van der Waals surface area contributed by atoms with Crippen molar-refractivity contribution in [2.24, 2.45) is 0 Å². The van der Waals surface area contributed by atoms with Crippen LogP contribution in [0.3, 0.4) is 0 Å². The van der Waals surface area contributed by atoms with Gasteiger partial charge in [0.05, 0.1) is 5.41 Å². The molecule has 2 N–H and O–H groups in total. The molecule has 2 amide bonds. The molecule has 1 fully saturated rings. The summed E-state index contributed by atoms with van der Waals surface area (Å²) >= 11 is 12.6. The Morgan fingerprint density at radius 1 is 0.806 bits per heavy atom. The molecule has 4 nitrogen and oxygen atoms in total. The van der Waals surface area contributed by atoms with Crippen molar-refractivity contribution in [1.82, 2.24) is 5.32 Å². The SMILES string of the molecule is O=C1C[C@H](c2cccc(Cl)c2)[C@@]2(C(=O)Nc3cc(Cl)ccc32)[C@H](c2ccccc2)CN1. The predicted octanol–water partition coefficient (Wildman–Crippen LogP) is 5.27. The molecule has 1 saturated heterocycles. The van der Waals surface area contributed by atoms with Crippen LogP contribution in [0.25, 0.3) is 0 Å². The summed E-state index contributed by atoms with van der Waals surface area (Å²) in [6.45, 7) is 0.357. The molecular formula is C25H20Cl2N2O2. The fourth-order valence-electron chi connectivity index (χ4n) is 5.23. The molecule has 3 atom stereocenters. The van der Waals surface area contributed by atoms with Crippen LogP contribution in [0.15, 0.2) is 72.8 Å². The topological polar surface area (TPSA) is 58.2 Å². The first-order valence-electron chi connectivity index (χ1n) is 10.2. The number of carbonyl (C=O) groups is 2. The molecule has 2 heterocycles. The summed E-state index contributed by atoms with van der Waals surface area (Å²) in [5.74, 6) is -0.883. The predicted molar refractivity (Wildman–Crippen MR) is 123 cm³/mol. The molecule has 0 aliphatic carbocycles. The highest BCUT2D eigenvalue weighted by Crippen LogP contribution is 2.57. The molecule has 0 radical (unpaired) electrons. The number of hydrogen-bond donors (Lipinski definition) is 2. The van der Waals surface area contributed by atoms with E-state index < -0.39 is 11.3 Å². The number of anilines is 1. The first kappa shape index (κ1) is 20.1. The van der Waals surface area contributed by atoms with E-state index in [1.54, 1.807) is 18.2 Å². The van der Waals surface area contributed by atoms with E-state index in [0.29, 0.717) is 22.3 Å². The van der Waals surface area contributed by atoms with Crippen molar-refractivity contribution in [3.63, 3.8) is 0 Å². The fraction of sp³-hybridized carbons (Fsp3) is 0.200. The summed E-state index contributed by atoms with van der Waals surface area (Å²) in [6.07, 6.45) is 0.180. The van der Waals surface area contributed by atoms with E-state index >= 15 is 0 Å². The van der Waals surface area contributed by atoms with Gasteiger partial charge < -0.3 is 10.6 Å². The van der Waals surface area contributed by atoms with Gasteiger partial charge in [0.1, 0.15) is 0 Å². The summed E-state index contributed by atoms with van der Waals surface area (Å²) in [5.41, 5.74) is 2.42. The Bertz CT molecular complexity index is 1180. The van der Waals surface area contributed by atoms with Gasteiger partial charge in [-0.05, 0) is 41.0 Å². The zero-order valence-corrected chi connectivity index (χ0v) is 18.1. The second-order valence-corrected chi connectivity index (χ2v) is 8.96. The Kier molecular flexibility index (Phi) is 4.99. The number of amides is 2. The maximum atomic E-state index is 13.9.